The minimum atomic E-state index is -0.957. The molecule has 1 aromatic rings. The number of hydrogen-bond donors (Lipinski definition) is 1. The Morgan fingerprint density at radius 3 is 3.00 bits per heavy atom. The van der Waals surface area contributed by atoms with Crippen LogP contribution in [0.4, 0.5) is 0 Å². The van der Waals surface area contributed by atoms with E-state index in [1.54, 1.807) is 25.4 Å². The highest BCUT2D eigenvalue weighted by Gasteiger charge is 2.10. The van der Waals surface area contributed by atoms with Gasteiger partial charge in [-0.25, -0.2) is 9.78 Å². The summed E-state index contributed by atoms with van der Waals surface area (Å²) in [7, 11) is 1.62. The molecular formula is C11H15NO4S. The molecule has 6 heteroatoms. The minimum absolute atomic E-state index is 0.231. The van der Waals surface area contributed by atoms with Crippen molar-refractivity contribution in [2.75, 3.05) is 32.7 Å². The van der Waals surface area contributed by atoms with Crippen LogP contribution in [0, 0.1) is 0 Å². The molecule has 0 aliphatic carbocycles. The molecule has 5 nitrogen and oxygen atoms in total. The van der Waals surface area contributed by atoms with E-state index in [4.69, 9.17) is 14.6 Å². The fourth-order valence-corrected chi connectivity index (χ4v) is 1.95. The van der Waals surface area contributed by atoms with Gasteiger partial charge in [0.15, 0.2) is 0 Å². The van der Waals surface area contributed by atoms with Crippen molar-refractivity contribution in [1.82, 2.24) is 4.98 Å². The first-order chi connectivity index (χ1) is 8.25. The zero-order valence-corrected chi connectivity index (χ0v) is 10.4. The standard InChI is InChI=1S/C11H15NO4S/c1-15-5-6-16-7-8-17-10-9(11(13)14)3-2-4-12-10/h2-4H,5-8H2,1H3,(H,13,14). The lowest BCUT2D eigenvalue weighted by Crippen LogP contribution is -2.05. The molecule has 0 bridgehead atoms. The third kappa shape index (κ3) is 5.16. The lowest BCUT2D eigenvalue weighted by Gasteiger charge is -2.05. The van der Waals surface area contributed by atoms with Gasteiger partial charge < -0.3 is 14.6 Å². The van der Waals surface area contributed by atoms with Gasteiger partial charge in [-0.3, -0.25) is 0 Å². The number of aromatic nitrogens is 1. The number of carboxylic acids is 1. The van der Waals surface area contributed by atoms with Crippen molar-refractivity contribution in [1.29, 1.82) is 0 Å². The van der Waals surface area contributed by atoms with Crippen molar-refractivity contribution in [2.45, 2.75) is 5.03 Å². The van der Waals surface area contributed by atoms with Gasteiger partial charge in [0.05, 0.1) is 25.4 Å². The zero-order valence-electron chi connectivity index (χ0n) is 9.59. The molecule has 0 atom stereocenters. The molecule has 1 aromatic heterocycles. The Balaban J connectivity index is 2.34. The number of rotatable bonds is 8. The van der Waals surface area contributed by atoms with E-state index in [0.29, 0.717) is 30.6 Å². The van der Waals surface area contributed by atoms with E-state index in [9.17, 15) is 4.79 Å². The minimum Gasteiger partial charge on any atom is -0.478 e. The molecule has 17 heavy (non-hydrogen) atoms. The third-order valence-electron chi connectivity index (χ3n) is 1.90. The van der Waals surface area contributed by atoms with Crippen LogP contribution in [0.5, 0.6) is 0 Å². The average Bonchev–Trinajstić information content (AvgIpc) is 2.34. The van der Waals surface area contributed by atoms with Gasteiger partial charge in [-0.1, -0.05) is 0 Å². The Morgan fingerprint density at radius 2 is 2.29 bits per heavy atom. The van der Waals surface area contributed by atoms with E-state index < -0.39 is 5.97 Å². The number of pyridine rings is 1. The van der Waals surface area contributed by atoms with Crippen LogP contribution in [0.25, 0.3) is 0 Å². The van der Waals surface area contributed by atoms with Crippen molar-refractivity contribution in [3.8, 4) is 0 Å². The second-order valence-corrected chi connectivity index (χ2v) is 4.20. The van der Waals surface area contributed by atoms with E-state index >= 15 is 0 Å². The lowest BCUT2D eigenvalue weighted by atomic mass is 10.3. The van der Waals surface area contributed by atoms with Crippen molar-refractivity contribution >= 4 is 17.7 Å². The topological polar surface area (TPSA) is 68.7 Å². The van der Waals surface area contributed by atoms with E-state index in [1.165, 1.54) is 11.8 Å². The maximum Gasteiger partial charge on any atom is 0.338 e. The highest BCUT2D eigenvalue weighted by Crippen LogP contribution is 2.19. The fraction of sp³-hybridized carbons (Fsp3) is 0.455. The van der Waals surface area contributed by atoms with Crippen molar-refractivity contribution in [3.63, 3.8) is 0 Å². The van der Waals surface area contributed by atoms with Crippen LogP contribution in [-0.4, -0.2) is 48.7 Å². The highest BCUT2D eigenvalue weighted by atomic mass is 32.2. The van der Waals surface area contributed by atoms with Gasteiger partial charge in [0, 0.05) is 19.1 Å². The molecule has 0 spiro atoms. The summed E-state index contributed by atoms with van der Waals surface area (Å²) in [6.45, 7) is 1.66. The number of carboxylic acid groups (broad SMARTS) is 1. The number of aromatic carboxylic acids is 1. The van der Waals surface area contributed by atoms with Crippen LogP contribution in [0.3, 0.4) is 0 Å². The summed E-state index contributed by atoms with van der Waals surface area (Å²) in [4.78, 5) is 14.9. The summed E-state index contributed by atoms with van der Waals surface area (Å²) in [5, 5.41) is 9.46. The smallest absolute Gasteiger partial charge is 0.338 e. The zero-order chi connectivity index (χ0) is 12.5. The summed E-state index contributed by atoms with van der Waals surface area (Å²) < 4.78 is 10.1. The van der Waals surface area contributed by atoms with E-state index in [-0.39, 0.29) is 5.56 Å². The molecule has 0 fully saturated rings. The Hall–Kier alpha value is -1.11. The molecule has 0 radical (unpaired) electrons. The number of carbonyl (C=O) groups is 1. The average molecular weight is 257 g/mol. The molecule has 1 rings (SSSR count). The SMILES string of the molecule is COCCOCCSc1ncccc1C(=O)O. The number of thioether (sulfide) groups is 1. The predicted molar refractivity (Wildman–Crippen MR) is 64.6 cm³/mol. The quantitative estimate of drug-likeness (QED) is 0.562. The summed E-state index contributed by atoms with van der Waals surface area (Å²) in [6, 6.07) is 3.16. The van der Waals surface area contributed by atoms with Crippen molar-refractivity contribution in [3.05, 3.63) is 23.9 Å². The second kappa shape index (κ2) is 8.05. The molecule has 94 valence electrons. The van der Waals surface area contributed by atoms with Crippen LogP contribution in [0.2, 0.25) is 0 Å². The molecule has 1 heterocycles. The molecule has 0 saturated heterocycles. The molecule has 0 aliphatic heterocycles. The summed E-state index contributed by atoms with van der Waals surface area (Å²) in [5.74, 6) is -0.290. The molecule has 1 N–H and O–H groups in total. The Kier molecular flexibility index (Phi) is 6.61. The van der Waals surface area contributed by atoms with Crippen LogP contribution in [-0.2, 0) is 9.47 Å². The molecule has 0 unspecified atom stereocenters. The van der Waals surface area contributed by atoms with Gasteiger partial charge >= 0.3 is 5.97 Å². The van der Waals surface area contributed by atoms with Gasteiger partial charge in [-0.2, -0.15) is 0 Å². The lowest BCUT2D eigenvalue weighted by molar-refractivity contribution is 0.0692. The van der Waals surface area contributed by atoms with Gasteiger partial charge in [-0.05, 0) is 12.1 Å². The van der Waals surface area contributed by atoms with E-state index in [1.807, 2.05) is 0 Å². The number of methoxy groups -OCH3 is 1. The Labute approximate surface area is 104 Å². The van der Waals surface area contributed by atoms with Gasteiger partial charge in [0.1, 0.15) is 5.03 Å². The van der Waals surface area contributed by atoms with Crippen molar-refractivity contribution < 1.29 is 19.4 Å². The third-order valence-corrected chi connectivity index (χ3v) is 2.87. The molecular weight excluding hydrogens is 242 g/mol. The Bertz CT molecular complexity index is 359. The first-order valence-electron chi connectivity index (χ1n) is 5.13. The predicted octanol–water partition coefficient (Wildman–Crippen LogP) is 1.53. The van der Waals surface area contributed by atoms with Gasteiger partial charge in [0.2, 0.25) is 0 Å². The molecule has 0 saturated carbocycles. The van der Waals surface area contributed by atoms with Gasteiger partial charge in [0.25, 0.3) is 0 Å². The summed E-state index contributed by atoms with van der Waals surface area (Å²) in [5.41, 5.74) is 0.231. The van der Waals surface area contributed by atoms with Crippen molar-refractivity contribution in [2.24, 2.45) is 0 Å². The molecule has 0 aliphatic rings. The van der Waals surface area contributed by atoms with Crippen LogP contribution in [0.15, 0.2) is 23.4 Å². The van der Waals surface area contributed by atoms with Gasteiger partial charge in [-0.15, -0.1) is 11.8 Å². The van der Waals surface area contributed by atoms with Crippen LogP contribution in [0.1, 0.15) is 10.4 Å². The number of nitrogens with zero attached hydrogens (tertiary/aromatic N) is 1. The first-order valence-corrected chi connectivity index (χ1v) is 6.12. The second-order valence-electron chi connectivity index (χ2n) is 3.11. The highest BCUT2D eigenvalue weighted by molar-refractivity contribution is 7.99. The maximum atomic E-state index is 10.9. The first kappa shape index (κ1) is 14.0. The fourth-order valence-electron chi connectivity index (χ4n) is 1.11. The normalized spacial score (nSPS) is 10.4. The number of ether oxygens (including phenoxy) is 2. The van der Waals surface area contributed by atoms with Crippen LogP contribution >= 0.6 is 11.8 Å². The molecule has 0 aromatic carbocycles. The Morgan fingerprint density at radius 1 is 1.47 bits per heavy atom. The van der Waals surface area contributed by atoms with E-state index in [2.05, 4.69) is 4.98 Å². The summed E-state index contributed by atoms with van der Waals surface area (Å²) >= 11 is 1.38. The van der Waals surface area contributed by atoms with Crippen LogP contribution < -0.4 is 0 Å². The largest absolute Gasteiger partial charge is 0.478 e. The molecule has 0 amide bonds. The summed E-state index contributed by atoms with van der Waals surface area (Å²) in [6.07, 6.45) is 1.58. The van der Waals surface area contributed by atoms with E-state index in [0.717, 1.165) is 0 Å². The number of hydrogen-bond acceptors (Lipinski definition) is 5. The maximum absolute atomic E-state index is 10.9. The monoisotopic (exact) mass is 257 g/mol.